The van der Waals surface area contributed by atoms with Gasteiger partial charge in [0.05, 0.1) is 13.2 Å². The number of hydrogen-bond acceptors (Lipinski definition) is 4. The molecule has 6 heteroatoms. The van der Waals surface area contributed by atoms with E-state index in [2.05, 4.69) is 0 Å². The number of rotatable bonds is 10. The lowest BCUT2D eigenvalue weighted by molar-refractivity contribution is -0.132. The van der Waals surface area contributed by atoms with Crippen molar-refractivity contribution in [3.63, 3.8) is 0 Å². The Morgan fingerprint density at radius 1 is 1.24 bits per heavy atom. The average Bonchev–Trinajstić information content (AvgIpc) is 2.64. The Morgan fingerprint density at radius 3 is 2.64 bits per heavy atom. The molecule has 1 heterocycles. The first kappa shape index (κ1) is 20.6. The van der Waals surface area contributed by atoms with Crippen LogP contribution in [0.2, 0.25) is 5.02 Å². The van der Waals surface area contributed by atoms with Crippen LogP contribution in [0.5, 0.6) is 0 Å². The minimum Gasteiger partial charge on any atom is -0.382 e. The Bertz CT molecular complexity index is 504. The lowest BCUT2D eigenvalue weighted by Gasteiger charge is -2.32. The molecule has 1 aliphatic rings. The third-order valence-electron chi connectivity index (χ3n) is 4.37. The molecule has 1 saturated heterocycles. The Balaban J connectivity index is 1.55. The quantitative estimate of drug-likeness (QED) is 0.448. The van der Waals surface area contributed by atoms with Crippen LogP contribution in [0.1, 0.15) is 25.7 Å². The number of methoxy groups -OCH3 is 1. The van der Waals surface area contributed by atoms with Crippen LogP contribution in [0.15, 0.2) is 29.2 Å². The SMILES string of the molecule is COCCOCC1CCN(C(=O)CCCSc2ccc(Cl)cc2)CC1. The fourth-order valence-corrected chi connectivity index (χ4v) is 3.82. The maximum atomic E-state index is 12.3. The molecule has 0 radical (unpaired) electrons. The van der Waals surface area contributed by atoms with Crippen LogP contribution in [0.3, 0.4) is 0 Å². The molecular formula is C19H28ClNO3S. The first-order valence-electron chi connectivity index (χ1n) is 8.92. The first-order valence-corrected chi connectivity index (χ1v) is 10.3. The van der Waals surface area contributed by atoms with Crippen molar-refractivity contribution in [2.24, 2.45) is 5.92 Å². The molecule has 1 amide bonds. The van der Waals surface area contributed by atoms with Gasteiger partial charge in [0.25, 0.3) is 0 Å². The largest absolute Gasteiger partial charge is 0.382 e. The summed E-state index contributed by atoms with van der Waals surface area (Å²) in [5.41, 5.74) is 0. The Labute approximate surface area is 160 Å². The predicted molar refractivity (Wildman–Crippen MR) is 103 cm³/mol. The third kappa shape index (κ3) is 7.99. The third-order valence-corrected chi connectivity index (χ3v) is 5.72. The van der Waals surface area contributed by atoms with E-state index >= 15 is 0 Å². The van der Waals surface area contributed by atoms with E-state index in [1.807, 2.05) is 29.2 Å². The van der Waals surface area contributed by atoms with Gasteiger partial charge < -0.3 is 14.4 Å². The molecule has 1 aliphatic heterocycles. The molecule has 140 valence electrons. The zero-order chi connectivity index (χ0) is 17.9. The van der Waals surface area contributed by atoms with Crippen LogP contribution < -0.4 is 0 Å². The Morgan fingerprint density at radius 2 is 1.96 bits per heavy atom. The van der Waals surface area contributed by atoms with Crippen LogP contribution in [0.25, 0.3) is 0 Å². The van der Waals surface area contributed by atoms with Gasteiger partial charge in [0.1, 0.15) is 0 Å². The number of hydrogen-bond donors (Lipinski definition) is 0. The van der Waals surface area contributed by atoms with Crippen LogP contribution in [-0.4, -0.2) is 56.6 Å². The highest BCUT2D eigenvalue weighted by Crippen LogP contribution is 2.22. The van der Waals surface area contributed by atoms with Crippen molar-refractivity contribution in [3.8, 4) is 0 Å². The maximum Gasteiger partial charge on any atom is 0.222 e. The summed E-state index contributed by atoms with van der Waals surface area (Å²) < 4.78 is 10.6. The number of piperidine rings is 1. The van der Waals surface area contributed by atoms with E-state index in [0.717, 1.165) is 49.7 Å². The van der Waals surface area contributed by atoms with Crippen molar-refractivity contribution in [2.45, 2.75) is 30.6 Å². The standard InChI is InChI=1S/C19H28ClNO3S/c1-23-12-13-24-15-16-8-10-21(11-9-16)19(22)3-2-14-25-18-6-4-17(20)5-7-18/h4-7,16H,2-3,8-15H2,1H3. The summed E-state index contributed by atoms with van der Waals surface area (Å²) in [5.74, 6) is 1.81. The van der Waals surface area contributed by atoms with Gasteiger partial charge in [0.2, 0.25) is 5.91 Å². The molecule has 0 saturated carbocycles. The van der Waals surface area contributed by atoms with E-state index in [-0.39, 0.29) is 5.91 Å². The Kier molecular flexibility index (Phi) is 9.69. The van der Waals surface area contributed by atoms with Gasteiger partial charge >= 0.3 is 0 Å². The Hall–Kier alpha value is -0.750. The molecule has 0 aromatic heterocycles. The van der Waals surface area contributed by atoms with Crippen molar-refractivity contribution in [3.05, 3.63) is 29.3 Å². The van der Waals surface area contributed by atoms with Crippen LogP contribution in [0, 0.1) is 5.92 Å². The van der Waals surface area contributed by atoms with E-state index in [0.29, 0.717) is 25.6 Å². The van der Waals surface area contributed by atoms with E-state index < -0.39 is 0 Å². The van der Waals surface area contributed by atoms with Gasteiger partial charge in [-0.25, -0.2) is 0 Å². The molecule has 2 rings (SSSR count). The highest BCUT2D eigenvalue weighted by atomic mass is 35.5. The number of nitrogens with zero attached hydrogens (tertiary/aromatic N) is 1. The minimum absolute atomic E-state index is 0.287. The topological polar surface area (TPSA) is 38.8 Å². The molecule has 0 N–H and O–H groups in total. The number of carbonyl (C=O) groups excluding carboxylic acids is 1. The number of amides is 1. The second-order valence-electron chi connectivity index (χ2n) is 6.30. The van der Waals surface area contributed by atoms with Gasteiger partial charge in [-0.15, -0.1) is 11.8 Å². The zero-order valence-electron chi connectivity index (χ0n) is 14.9. The number of benzene rings is 1. The fourth-order valence-electron chi connectivity index (χ4n) is 2.84. The summed E-state index contributed by atoms with van der Waals surface area (Å²) >= 11 is 7.66. The van der Waals surface area contributed by atoms with Crippen molar-refractivity contribution in [1.29, 1.82) is 0 Å². The number of halogens is 1. The molecule has 0 bridgehead atoms. The second kappa shape index (κ2) is 11.8. The molecule has 0 spiro atoms. The number of likely N-dealkylation sites (tertiary alicyclic amines) is 1. The molecule has 25 heavy (non-hydrogen) atoms. The second-order valence-corrected chi connectivity index (χ2v) is 7.90. The number of ether oxygens (including phenoxy) is 2. The van der Waals surface area contributed by atoms with Crippen LogP contribution in [-0.2, 0) is 14.3 Å². The fraction of sp³-hybridized carbons (Fsp3) is 0.632. The average molecular weight is 386 g/mol. The predicted octanol–water partition coefficient (Wildman–Crippen LogP) is 4.11. The summed E-state index contributed by atoms with van der Waals surface area (Å²) in [7, 11) is 1.68. The zero-order valence-corrected chi connectivity index (χ0v) is 16.5. The van der Waals surface area contributed by atoms with Crippen LogP contribution in [0.4, 0.5) is 0 Å². The molecule has 0 atom stereocenters. The van der Waals surface area contributed by atoms with E-state index in [1.54, 1.807) is 18.9 Å². The number of thioether (sulfide) groups is 1. The molecule has 4 nitrogen and oxygen atoms in total. The molecule has 1 aromatic rings. The van der Waals surface area contributed by atoms with Gasteiger partial charge in [-0.2, -0.15) is 0 Å². The number of carbonyl (C=O) groups is 1. The monoisotopic (exact) mass is 385 g/mol. The smallest absolute Gasteiger partial charge is 0.222 e. The van der Waals surface area contributed by atoms with Gasteiger partial charge in [0.15, 0.2) is 0 Å². The van der Waals surface area contributed by atoms with E-state index in [1.165, 1.54) is 4.90 Å². The highest BCUT2D eigenvalue weighted by Gasteiger charge is 2.22. The van der Waals surface area contributed by atoms with Gasteiger partial charge in [-0.1, -0.05) is 11.6 Å². The van der Waals surface area contributed by atoms with Crippen molar-refractivity contribution in [1.82, 2.24) is 4.90 Å². The van der Waals surface area contributed by atoms with Crippen molar-refractivity contribution >= 4 is 29.3 Å². The summed E-state index contributed by atoms with van der Waals surface area (Å²) in [4.78, 5) is 15.5. The summed E-state index contributed by atoms with van der Waals surface area (Å²) in [6.45, 7) is 3.80. The van der Waals surface area contributed by atoms with Gasteiger partial charge in [-0.3, -0.25) is 4.79 Å². The lowest BCUT2D eigenvalue weighted by atomic mass is 9.97. The molecule has 1 fully saturated rings. The summed E-state index contributed by atoms with van der Waals surface area (Å²) in [6, 6.07) is 7.85. The van der Waals surface area contributed by atoms with Gasteiger partial charge in [-0.05, 0) is 55.2 Å². The highest BCUT2D eigenvalue weighted by molar-refractivity contribution is 7.99. The van der Waals surface area contributed by atoms with Crippen molar-refractivity contribution < 1.29 is 14.3 Å². The summed E-state index contributed by atoms with van der Waals surface area (Å²) in [6.07, 6.45) is 3.62. The molecular weight excluding hydrogens is 358 g/mol. The van der Waals surface area contributed by atoms with E-state index in [4.69, 9.17) is 21.1 Å². The molecule has 0 aliphatic carbocycles. The minimum atomic E-state index is 0.287. The van der Waals surface area contributed by atoms with Gasteiger partial charge in [0, 0.05) is 43.1 Å². The van der Waals surface area contributed by atoms with E-state index in [9.17, 15) is 4.79 Å². The maximum absolute atomic E-state index is 12.3. The molecule has 0 unspecified atom stereocenters. The normalized spacial score (nSPS) is 15.5. The molecule has 1 aromatic carbocycles. The summed E-state index contributed by atoms with van der Waals surface area (Å²) in [5, 5.41) is 0.757. The van der Waals surface area contributed by atoms with Crippen molar-refractivity contribution in [2.75, 3.05) is 45.8 Å². The van der Waals surface area contributed by atoms with Crippen LogP contribution >= 0.6 is 23.4 Å². The first-order chi connectivity index (χ1) is 12.2. The lowest BCUT2D eigenvalue weighted by Crippen LogP contribution is -2.39.